The zero-order valence-corrected chi connectivity index (χ0v) is 20.1. The van der Waals surface area contributed by atoms with E-state index in [1.807, 2.05) is 38.1 Å². The summed E-state index contributed by atoms with van der Waals surface area (Å²) >= 11 is 0. The first-order valence-electron chi connectivity index (χ1n) is 12.4. The maximum Gasteiger partial charge on any atom is 0.407 e. The molecule has 2 aromatic carbocycles. The molecule has 2 fully saturated rings. The number of nitrogens with one attached hydrogen (secondary N) is 2. The second kappa shape index (κ2) is 9.02. The van der Waals surface area contributed by atoms with Gasteiger partial charge in [0.05, 0.1) is 5.41 Å². The van der Waals surface area contributed by atoms with Gasteiger partial charge in [0.2, 0.25) is 5.91 Å². The lowest BCUT2D eigenvalue weighted by atomic mass is 9.98. The number of alkyl carbamates (subject to hydrolysis) is 1. The quantitative estimate of drug-likeness (QED) is 0.527. The number of carboxylic acid groups (broad SMARTS) is 1. The fourth-order valence-corrected chi connectivity index (χ4v) is 6.09. The van der Waals surface area contributed by atoms with Crippen molar-refractivity contribution in [3.05, 3.63) is 59.7 Å². The van der Waals surface area contributed by atoms with Gasteiger partial charge in [-0.05, 0) is 59.8 Å². The molecule has 4 atom stereocenters. The third kappa shape index (κ3) is 4.40. The molecule has 3 aliphatic rings. The van der Waals surface area contributed by atoms with Crippen LogP contribution in [0, 0.1) is 17.3 Å². The van der Waals surface area contributed by atoms with Gasteiger partial charge in [0.15, 0.2) is 0 Å². The molecule has 0 aromatic heterocycles. The second-order valence-electron chi connectivity index (χ2n) is 10.7. The smallest absolute Gasteiger partial charge is 0.407 e. The van der Waals surface area contributed by atoms with E-state index in [0.29, 0.717) is 19.3 Å². The van der Waals surface area contributed by atoms with Crippen LogP contribution in [0.3, 0.4) is 0 Å². The van der Waals surface area contributed by atoms with Crippen molar-refractivity contribution in [2.45, 2.75) is 57.5 Å². The third-order valence-electron chi connectivity index (χ3n) is 7.84. The Morgan fingerprint density at radius 1 is 1.03 bits per heavy atom. The average Bonchev–Trinajstić information content (AvgIpc) is 3.25. The van der Waals surface area contributed by atoms with E-state index in [4.69, 9.17) is 4.74 Å². The average molecular weight is 477 g/mol. The summed E-state index contributed by atoms with van der Waals surface area (Å²) in [6, 6.07) is 15.4. The first-order chi connectivity index (χ1) is 16.8. The second-order valence-corrected chi connectivity index (χ2v) is 10.7. The van der Waals surface area contributed by atoms with Crippen LogP contribution in [0.1, 0.15) is 56.6 Å². The molecular formula is C28H32N2O5. The Labute approximate surface area is 205 Å². The van der Waals surface area contributed by atoms with Crippen molar-refractivity contribution in [3.63, 3.8) is 0 Å². The maximum atomic E-state index is 13.0. The van der Waals surface area contributed by atoms with Crippen LogP contribution in [0.15, 0.2) is 48.5 Å². The largest absolute Gasteiger partial charge is 0.480 e. The monoisotopic (exact) mass is 476 g/mol. The highest BCUT2D eigenvalue weighted by atomic mass is 16.5. The summed E-state index contributed by atoms with van der Waals surface area (Å²) in [4.78, 5) is 37.2. The minimum absolute atomic E-state index is 0.00356. The first kappa shape index (κ1) is 23.4. The van der Waals surface area contributed by atoms with Crippen LogP contribution in [-0.2, 0) is 14.3 Å². The van der Waals surface area contributed by atoms with Crippen LogP contribution < -0.4 is 10.6 Å². The molecule has 3 N–H and O–H groups in total. The zero-order valence-electron chi connectivity index (χ0n) is 20.1. The van der Waals surface area contributed by atoms with Gasteiger partial charge in [-0.1, -0.05) is 62.4 Å². The van der Waals surface area contributed by atoms with Crippen molar-refractivity contribution in [2.75, 3.05) is 6.61 Å². The molecule has 5 rings (SSSR count). The Balaban J connectivity index is 1.16. The number of amides is 2. The number of fused-ring (bicyclic) bond motifs is 4. The van der Waals surface area contributed by atoms with E-state index in [1.165, 1.54) is 11.1 Å². The standard InChI is InChI=1S/C28H32N2O5/c1-16(2)11-24(25(31)32)30-26(33)28-13-17(28)12-18(14-28)29-27(34)35-15-23-21-9-5-3-7-19(21)20-8-4-6-10-22(20)23/h3-10,16-18,23-24H,11-15H2,1-2H3,(H,29,34)(H,30,33)(H,31,32)/t17-,18+,24?,28+/m1/s1. The lowest BCUT2D eigenvalue weighted by molar-refractivity contribution is -0.143. The molecule has 0 radical (unpaired) electrons. The number of aliphatic carboxylic acids is 1. The number of ether oxygens (including phenoxy) is 1. The molecule has 7 nitrogen and oxygen atoms in total. The lowest BCUT2D eigenvalue weighted by Gasteiger charge is -2.22. The van der Waals surface area contributed by atoms with Crippen molar-refractivity contribution in [3.8, 4) is 11.1 Å². The van der Waals surface area contributed by atoms with E-state index in [0.717, 1.165) is 17.5 Å². The summed E-state index contributed by atoms with van der Waals surface area (Å²) in [5.74, 6) is -0.874. The minimum atomic E-state index is -1.01. The maximum absolute atomic E-state index is 13.0. The summed E-state index contributed by atoms with van der Waals surface area (Å²) in [6.07, 6.45) is 1.89. The summed E-state index contributed by atoms with van der Waals surface area (Å²) in [7, 11) is 0. The predicted molar refractivity (Wildman–Crippen MR) is 131 cm³/mol. The Kier molecular flexibility index (Phi) is 6.03. The van der Waals surface area contributed by atoms with Crippen molar-refractivity contribution in [1.82, 2.24) is 10.6 Å². The molecule has 2 saturated carbocycles. The fourth-order valence-electron chi connectivity index (χ4n) is 6.09. The summed E-state index contributed by atoms with van der Waals surface area (Å²) in [6.45, 7) is 4.12. The van der Waals surface area contributed by atoms with Crippen LogP contribution in [0.2, 0.25) is 0 Å². The number of carbonyl (C=O) groups is 3. The summed E-state index contributed by atoms with van der Waals surface area (Å²) in [5.41, 5.74) is 4.12. The SMILES string of the molecule is CC(C)CC(NC(=O)[C@@]12C[C@@H](NC(=O)OCC3c4ccccc4-c4ccccc43)C[C@@H]1C2)C(=O)O. The van der Waals surface area contributed by atoms with Gasteiger partial charge in [0.25, 0.3) is 0 Å². The van der Waals surface area contributed by atoms with Crippen LogP contribution in [0.4, 0.5) is 4.79 Å². The topological polar surface area (TPSA) is 105 Å². The Hall–Kier alpha value is -3.35. The van der Waals surface area contributed by atoms with Gasteiger partial charge >= 0.3 is 12.1 Å². The first-order valence-corrected chi connectivity index (χ1v) is 12.4. The molecular weight excluding hydrogens is 444 g/mol. The van der Waals surface area contributed by atoms with Gasteiger partial charge in [0.1, 0.15) is 12.6 Å². The molecule has 2 amide bonds. The highest BCUT2D eigenvalue weighted by Crippen LogP contribution is 2.63. The Morgan fingerprint density at radius 3 is 2.26 bits per heavy atom. The van der Waals surface area contributed by atoms with E-state index in [-0.39, 0.29) is 36.3 Å². The molecule has 3 aliphatic carbocycles. The van der Waals surface area contributed by atoms with Gasteiger partial charge < -0.3 is 20.5 Å². The number of hydrogen-bond donors (Lipinski definition) is 3. The molecule has 0 heterocycles. The van der Waals surface area contributed by atoms with Gasteiger partial charge in [-0.3, -0.25) is 4.79 Å². The molecule has 0 bridgehead atoms. The predicted octanol–water partition coefficient (Wildman–Crippen LogP) is 4.31. The van der Waals surface area contributed by atoms with Gasteiger partial charge in [0, 0.05) is 12.0 Å². The highest BCUT2D eigenvalue weighted by molar-refractivity contribution is 5.90. The van der Waals surface area contributed by atoms with E-state index in [9.17, 15) is 19.5 Å². The summed E-state index contributed by atoms with van der Waals surface area (Å²) < 4.78 is 5.66. The van der Waals surface area contributed by atoms with Gasteiger partial charge in [-0.15, -0.1) is 0 Å². The molecule has 35 heavy (non-hydrogen) atoms. The number of hydrogen-bond acceptors (Lipinski definition) is 4. The number of carbonyl (C=O) groups excluding carboxylic acids is 2. The number of benzene rings is 2. The van der Waals surface area contributed by atoms with Crippen LogP contribution in [0.5, 0.6) is 0 Å². The summed E-state index contributed by atoms with van der Waals surface area (Å²) in [5, 5.41) is 15.2. The van der Waals surface area contributed by atoms with Crippen molar-refractivity contribution >= 4 is 18.0 Å². The van der Waals surface area contributed by atoms with E-state index in [2.05, 4.69) is 34.9 Å². The van der Waals surface area contributed by atoms with E-state index < -0.39 is 23.5 Å². The molecule has 1 unspecified atom stereocenters. The van der Waals surface area contributed by atoms with Crippen molar-refractivity contribution < 1.29 is 24.2 Å². The normalized spacial score (nSPS) is 24.8. The molecule has 0 saturated heterocycles. The van der Waals surface area contributed by atoms with E-state index >= 15 is 0 Å². The molecule has 184 valence electrons. The lowest BCUT2D eigenvalue weighted by Crippen LogP contribution is -2.46. The fraction of sp³-hybridized carbons (Fsp3) is 0.464. The van der Waals surface area contributed by atoms with Crippen molar-refractivity contribution in [1.29, 1.82) is 0 Å². The number of carboxylic acids is 1. The number of rotatable bonds is 8. The third-order valence-corrected chi connectivity index (χ3v) is 7.84. The van der Waals surface area contributed by atoms with Crippen molar-refractivity contribution in [2.24, 2.45) is 17.3 Å². The molecule has 0 aliphatic heterocycles. The molecule has 2 aromatic rings. The Morgan fingerprint density at radius 2 is 1.66 bits per heavy atom. The van der Waals surface area contributed by atoms with Crippen LogP contribution in [-0.4, -0.2) is 41.8 Å². The van der Waals surface area contributed by atoms with Gasteiger partial charge in [-0.2, -0.15) is 0 Å². The van der Waals surface area contributed by atoms with E-state index in [1.54, 1.807) is 0 Å². The van der Waals surface area contributed by atoms with Gasteiger partial charge in [-0.25, -0.2) is 9.59 Å². The van der Waals surface area contributed by atoms with Crippen LogP contribution >= 0.6 is 0 Å². The Bertz CT molecular complexity index is 1120. The van der Waals surface area contributed by atoms with Crippen LogP contribution in [0.25, 0.3) is 11.1 Å². The molecule has 0 spiro atoms. The minimum Gasteiger partial charge on any atom is -0.480 e. The highest BCUT2D eigenvalue weighted by Gasteiger charge is 2.65. The zero-order chi connectivity index (χ0) is 24.7. The molecule has 7 heteroatoms.